The van der Waals surface area contributed by atoms with E-state index in [-0.39, 0.29) is 23.4 Å². The highest BCUT2D eigenvalue weighted by Crippen LogP contribution is 2.28. The van der Waals surface area contributed by atoms with Gasteiger partial charge in [0.25, 0.3) is 11.6 Å². The van der Waals surface area contributed by atoms with E-state index < -0.39 is 10.2 Å². The number of nitro groups is 1. The van der Waals surface area contributed by atoms with Crippen LogP contribution in [-0.2, 0) is 9.59 Å². The summed E-state index contributed by atoms with van der Waals surface area (Å²) in [4.78, 5) is 34.0. The van der Waals surface area contributed by atoms with Gasteiger partial charge in [0.2, 0.25) is 5.91 Å². The highest BCUT2D eigenvalue weighted by Gasteiger charge is 2.30. The molecule has 1 aromatic rings. The zero-order chi connectivity index (χ0) is 15.4. The topological polar surface area (TPSA) is 101 Å². The molecule has 21 heavy (non-hydrogen) atoms. The molecule has 1 aliphatic carbocycles. The molecular formula is C13H15N3O4S. The normalized spacial score (nSPS) is 15.1. The maximum Gasteiger partial charge on any atom is 0.269 e. The number of thioether (sulfide) groups is 1. The van der Waals surface area contributed by atoms with Crippen LogP contribution in [0.15, 0.2) is 29.2 Å². The van der Waals surface area contributed by atoms with Crippen LogP contribution in [0.3, 0.4) is 0 Å². The molecule has 1 aliphatic rings. The summed E-state index contributed by atoms with van der Waals surface area (Å²) in [7, 11) is 0. The van der Waals surface area contributed by atoms with E-state index in [1.807, 2.05) is 0 Å². The van der Waals surface area contributed by atoms with E-state index in [0.717, 1.165) is 17.7 Å². The highest BCUT2D eigenvalue weighted by molar-refractivity contribution is 8.00. The van der Waals surface area contributed by atoms with E-state index in [1.54, 1.807) is 19.1 Å². The Morgan fingerprint density at radius 3 is 2.43 bits per heavy atom. The van der Waals surface area contributed by atoms with Crippen molar-refractivity contribution in [3.05, 3.63) is 34.4 Å². The van der Waals surface area contributed by atoms with Crippen molar-refractivity contribution in [2.75, 3.05) is 0 Å². The summed E-state index contributed by atoms with van der Waals surface area (Å²) < 4.78 is 0. The molecule has 0 aliphatic heterocycles. The second kappa shape index (κ2) is 6.57. The van der Waals surface area contributed by atoms with Crippen molar-refractivity contribution in [2.24, 2.45) is 5.92 Å². The first kappa shape index (κ1) is 15.3. The Labute approximate surface area is 125 Å². The number of rotatable bonds is 5. The van der Waals surface area contributed by atoms with Gasteiger partial charge >= 0.3 is 0 Å². The lowest BCUT2D eigenvalue weighted by molar-refractivity contribution is -0.384. The van der Waals surface area contributed by atoms with Crippen LogP contribution in [0.25, 0.3) is 0 Å². The van der Waals surface area contributed by atoms with E-state index in [0.29, 0.717) is 0 Å². The smallest absolute Gasteiger partial charge is 0.269 e. The Balaban J connectivity index is 1.81. The average Bonchev–Trinajstić information content (AvgIpc) is 3.29. The van der Waals surface area contributed by atoms with Crippen molar-refractivity contribution in [1.82, 2.24) is 10.9 Å². The number of hydrogen-bond acceptors (Lipinski definition) is 5. The molecule has 1 aromatic carbocycles. The summed E-state index contributed by atoms with van der Waals surface area (Å²) in [6.07, 6.45) is 1.74. The number of hydrogen-bond donors (Lipinski definition) is 2. The maximum absolute atomic E-state index is 11.8. The van der Waals surface area contributed by atoms with Crippen LogP contribution in [0, 0.1) is 16.0 Å². The molecule has 1 unspecified atom stereocenters. The molecule has 2 rings (SSSR count). The van der Waals surface area contributed by atoms with Gasteiger partial charge in [0.1, 0.15) is 0 Å². The van der Waals surface area contributed by atoms with Gasteiger partial charge in [0, 0.05) is 22.9 Å². The Morgan fingerprint density at radius 2 is 1.90 bits per heavy atom. The lowest BCUT2D eigenvalue weighted by Gasteiger charge is -2.12. The van der Waals surface area contributed by atoms with E-state index in [4.69, 9.17) is 0 Å². The Hall–Kier alpha value is -2.09. The minimum Gasteiger partial charge on any atom is -0.273 e. The lowest BCUT2D eigenvalue weighted by Crippen LogP contribution is -2.45. The predicted molar refractivity (Wildman–Crippen MR) is 77.4 cm³/mol. The summed E-state index contributed by atoms with van der Waals surface area (Å²) in [5.74, 6) is -0.439. The monoisotopic (exact) mass is 309 g/mol. The van der Waals surface area contributed by atoms with Crippen LogP contribution in [0.5, 0.6) is 0 Å². The molecule has 0 aromatic heterocycles. The zero-order valence-corrected chi connectivity index (χ0v) is 12.2. The van der Waals surface area contributed by atoms with Crippen molar-refractivity contribution >= 4 is 29.3 Å². The molecule has 112 valence electrons. The van der Waals surface area contributed by atoms with Gasteiger partial charge in [-0.25, -0.2) is 0 Å². The fourth-order valence-electron chi connectivity index (χ4n) is 1.58. The summed E-state index contributed by atoms with van der Waals surface area (Å²) in [6, 6.07) is 5.97. The molecule has 0 radical (unpaired) electrons. The average molecular weight is 309 g/mol. The molecule has 1 saturated carbocycles. The number of carbonyl (C=O) groups is 2. The zero-order valence-electron chi connectivity index (χ0n) is 11.4. The SMILES string of the molecule is CC(Sc1ccc([N+](=O)[O-])cc1)C(=O)NNC(=O)C1CC1. The summed E-state index contributed by atoms with van der Waals surface area (Å²) in [5, 5.41) is 10.1. The quantitative estimate of drug-likeness (QED) is 0.489. The van der Waals surface area contributed by atoms with Crippen molar-refractivity contribution in [3.63, 3.8) is 0 Å². The van der Waals surface area contributed by atoms with Crippen molar-refractivity contribution in [2.45, 2.75) is 29.9 Å². The number of amides is 2. The van der Waals surface area contributed by atoms with Crippen molar-refractivity contribution in [1.29, 1.82) is 0 Å². The molecule has 7 nitrogen and oxygen atoms in total. The molecule has 8 heteroatoms. The van der Waals surface area contributed by atoms with E-state index in [2.05, 4.69) is 10.9 Å². The van der Waals surface area contributed by atoms with Gasteiger partial charge in [-0.3, -0.25) is 30.6 Å². The van der Waals surface area contributed by atoms with Crippen molar-refractivity contribution in [3.8, 4) is 0 Å². The molecule has 1 atom stereocenters. The van der Waals surface area contributed by atoms with Crippen molar-refractivity contribution < 1.29 is 14.5 Å². The van der Waals surface area contributed by atoms with Gasteiger partial charge in [0.05, 0.1) is 10.2 Å². The molecule has 2 N–H and O–H groups in total. The first-order chi connectivity index (χ1) is 9.97. The number of carbonyl (C=O) groups excluding carboxylic acids is 2. The van der Waals surface area contributed by atoms with Crippen LogP contribution in [0.1, 0.15) is 19.8 Å². The van der Waals surface area contributed by atoms with Crippen LogP contribution < -0.4 is 10.9 Å². The third-order valence-corrected chi connectivity index (χ3v) is 4.10. The predicted octanol–water partition coefficient (Wildman–Crippen LogP) is 1.63. The molecule has 2 amide bonds. The third kappa shape index (κ3) is 4.45. The van der Waals surface area contributed by atoms with Gasteiger partial charge < -0.3 is 0 Å². The Morgan fingerprint density at radius 1 is 1.29 bits per heavy atom. The lowest BCUT2D eigenvalue weighted by atomic mass is 10.3. The number of nitrogens with zero attached hydrogens (tertiary/aromatic N) is 1. The Kier molecular flexibility index (Phi) is 4.79. The molecular weight excluding hydrogens is 294 g/mol. The number of nitro benzene ring substituents is 1. The summed E-state index contributed by atoms with van der Waals surface area (Å²) in [5.41, 5.74) is 4.79. The number of nitrogens with one attached hydrogen (secondary N) is 2. The van der Waals surface area contributed by atoms with E-state index in [9.17, 15) is 19.7 Å². The van der Waals surface area contributed by atoms with Gasteiger partial charge in [-0.15, -0.1) is 11.8 Å². The third-order valence-electron chi connectivity index (χ3n) is 2.99. The maximum atomic E-state index is 11.8. The number of hydrazine groups is 1. The highest BCUT2D eigenvalue weighted by atomic mass is 32.2. The number of benzene rings is 1. The minimum atomic E-state index is -0.474. The molecule has 0 bridgehead atoms. The fraction of sp³-hybridized carbons (Fsp3) is 0.385. The minimum absolute atomic E-state index is 0.00755. The van der Waals surface area contributed by atoms with Crippen LogP contribution in [-0.4, -0.2) is 22.0 Å². The Bertz CT molecular complexity index is 557. The standard InChI is InChI=1S/C13H15N3O4S/c1-8(12(17)14-15-13(18)9-2-3-9)21-11-6-4-10(5-7-11)16(19)20/h4-9H,2-3H2,1H3,(H,14,17)(H,15,18). The second-order valence-corrected chi connectivity index (χ2v) is 6.18. The van der Waals surface area contributed by atoms with Gasteiger partial charge in [-0.05, 0) is 31.9 Å². The van der Waals surface area contributed by atoms with Crippen LogP contribution >= 0.6 is 11.8 Å². The van der Waals surface area contributed by atoms with Gasteiger partial charge in [0.15, 0.2) is 0 Å². The molecule has 0 heterocycles. The molecule has 1 fully saturated rings. The first-order valence-electron chi connectivity index (χ1n) is 6.48. The fourth-order valence-corrected chi connectivity index (χ4v) is 2.44. The van der Waals surface area contributed by atoms with Crippen LogP contribution in [0.4, 0.5) is 5.69 Å². The summed E-state index contributed by atoms with van der Waals surface area (Å²) in [6.45, 7) is 1.70. The molecule has 0 saturated heterocycles. The second-order valence-electron chi connectivity index (χ2n) is 4.76. The number of non-ortho nitro benzene ring substituents is 1. The largest absolute Gasteiger partial charge is 0.273 e. The van der Waals surface area contributed by atoms with Gasteiger partial charge in [-0.1, -0.05) is 0 Å². The van der Waals surface area contributed by atoms with Gasteiger partial charge in [-0.2, -0.15) is 0 Å². The molecule has 0 spiro atoms. The van der Waals surface area contributed by atoms with E-state index >= 15 is 0 Å². The van der Waals surface area contributed by atoms with Crippen LogP contribution in [0.2, 0.25) is 0 Å². The van der Waals surface area contributed by atoms with E-state index in [1.165, 1.54) is 23.9 Å². The summed E-state index contributed by atoms with van der Waals surface area (Å²) >= 11 is 1.26. The first-order valence-corrected chi connectivity index (χ1v) is 7.36.